The van der Waals surface area contributed by atoms with Crippen molar-refractivity contribution >= 4 is 17.5 Å². The van der Waals surface area contributed by atoms with Crippen LogP contribution in [-0.2, 0) is 0 Å². The lowest BCUT2D eigenvalue weighted by Gasteiger charge is -2.23. The molecule has 0 radical (unpaired) electrons. The average Bonchev–Trinajstić information content (AvgIpc) is 2.68. The first-order valence-electron chi connectivity index (χ1n) is 9.06. The van der Waals surface area contributed by atoms with Gasteiger partial charge in [0.15, 0.2) is 0 Å². The lowest BCUT2D eigenvalue weighted by molar-refractivity contribution is 0.0961. The highest BCUT2D eigenvalue weighted by atomic mass is 16.5. The van der Waals surface area contributed by atoms with E-state index in [0.29, 0.717) is 16.8 Å². The molecule has 2 aromatic carbocycles. The Kier molecular flexibility index (Phi) is 5.89. The summed E-state index contributed by atoms with van der Waals surface area (Å²) in [5, 5.41) is 5.41. The lowest BCUT2D eigenvalue weighted by atomic mass is 9.98. The van der Waals surface area contributed by atoms with Crippen LogP contribution in [0.1, 0.15) is 52.8 Å². The Balaban J connectivity index is 1.68. The van der Waals surface area contributed by atoms with E-state index in [1.54, 1.807) is 43.4 Å². The molecule has 3 rings (SSSR count). The van der Waals surface area contributed by atoms with E-state index in [-0.39, 0.29) is 17.9 Å². The smallest absolute Gasteiger partial charge is 0.255 e. The molecule has 0 unspecified atom stereocenters. The third-order valence-electron chi connectivity index (χ3n) is 4.56. The van der Waals surface area contributed by atoms with Gasteiger partial charge in [-0.15, -0.1) is 0 Å². The molecule has 2 aromatic rings. The first-order chi connectivity index (χ1) is 12.7. The van der Waals surface area contributed by atoms with Crippen molar-refractivity contribution in [1.82, 2.24) is 5.32 Å². The van der Waals surface area contributed by atoms with E-state index in [0.717, 1.165) is 18.6 Å². The number of rotatable bonds is 5. The summed E-state index contributed by atoms with van der Waals surface area (Å²) in [6.45, 7) is 0. The van der Waals surface area contributed by atoms with Crippen molar-refractivity contribution in [2.45, 2.75) is 38.2 Å². The van der Waals surface area contributed by atoms with Crippen molar-refractivity contribution in [2.75, 3.05) is 12.4 Å². The number of ether oxygens (including phenoxy) is 1. The van der Waals surface area contributed by atoms with Crippen LogP contribution in [0.5, 0.6) is 5.75 Å². The minimum atomic E-state index is -0.229. The zero-order valence-corrected chi connectivity index (χ0v) is 15.0. The van der Waals surface area contributed by atoms with Crippen LogP contribution in [0.2, 0.25) is 0 Å². The maximum Gasteiger partial charge on any atom is 0.255 e. The van der Waals surface area contributed by atoms with E-state index < -0.39 is 0 Å². The highest BCUT2D eigenvalue weighted by Gasteiger charge is 2.16. The third kappa shape index (κ3) is 4.63. The fraction of sp³-hybridized carbons (Fsp3) is 0.333. The number of carbonyl (C=O) groups is 2. The summed E-state index contributed by atoms with van der Waals surface area (Å²) in [6.07, 6.45) is 6.06. The van der Waals surface area contributed by atoms with Gasteiger partial charge in [0.1, 0.15) is 5.75 Å². The van der Waals surface area contributed by atoms with Crippen LogP contribution in [0.3, 0.4) is 0 Å². The van der Waals surface area contributed by atoms with Gasteiger partial charge >= 0.3 is 0 Å². The largest absolute Gasteiger partial charge is 0.490 e. The number of hydrogen-bond acceptors (Lipinski definition) is 3. The molecule has 5 heteroatoms. The van der Waals surface area contributed by atoms with E-state index in [2.05, 4.69) is 10.6 Å². The molecule has 1 aliphatic carbocycles. The first kappa shape index (κ1) is 18.0. The van der Waals surface area contributed by atoms with Crippen molar-refractivity contribution in [3.8, 4) is 5.75 Å². The molecule has 5 nitrogen and oxygen atoms in total. The summed E-state index contributed by atoms with van der Waals surface area (Å²) in [7, 11) is 1.57. The molecule has 0 aromatic heterocycles. The Hall–Kier alpha value is -2.82. The normalized spacial score (nSPS) is 14.5. The molecule has 1 fully saturated rings. The Bertz CT molecular complexity index is 782. The van der Waals surface area contributed by atoms with Crippen molar-refractivity contribution in [2.24, 2.45) is 0 Å². The second-order valence-corrected chi connectivity index (χ2v) is 6.52. The predicted octanol–water partition coefficient (Wildman–Crippen LogP) is 4.01. The minimum absolute atomic E-state index is 0.191. The maximum atomic E-state index is 12.5. The standard InChI is InChI=1S/C21H24N2O3/c1-22-20(24)15-7-5-9-17(13-15)23-21(25)16-8-6-12-19(14-16)26-18-10-3-2-4-11-18/h5-9,12-14,18H,2-4,10-11H2,1H3,(H,22,24)(H,23,25). The summed E-state index contributed by atoms with van der Waals surface area (Å²) < 4.78 is 6.03. The van der Waals surface area contributed by atoms with Crippen molar-refractivity contribution < 1.29 is 14.3 Å². The van der Waals surface area contributed by atoms with Crippen LogP contribution in [0.25, 0.3) is 0 Å². The van der Waals surface area contributed by atoms with Gasteiger partial charge in [-0.25, -0.2) is 0 Å². The monoisotopic (exact) mass is 352 g/mol. The van der Waals surface area contributed by atoms with Crippen molar-refractivity contribution in [1.29, 1.82) is 0 Å². The molecule has 136 valence electrons. The molecular formula is C21H24N2O3. The molecule has 0 atom stereocenters. The van der Waals surface area contributed by atoms with Gasteiger partial charge in [0.05, 0.1) is 6.10 Å². The number of anilines is 1. The predicted molar refractivity (Wildman–Crippen MR) is 102 cm³/mol. The van der Waals surface area contributed by atoms with Gasteiger partial charge in [-0.1, -0.05) is 18.6 Å². The number of benzene rings is 2. The molecule has 0 bridgehead atoms. The Morgan fingerprint density at radius 3 is 2.35 bits per heavy atom. The summed E-state index contributed by atoms with van der Waals surface area (Å²) in [4.78, 5) is 24.3. The summed E-state index contributed by atoms with van der Waals surface area (Å²) in [5.41, 5.74) is 1.61. The van der Waals surface area contributed by atoms with Crippen molar-refractivity contribution in [3.05, 3.63) is 59.7 Å². The molecule has 0 aliphatic heterocycles. The van der Waals surface area contributed by atoms with Crippen LogP contribution in [0, 0.1) is 0 Å². The molecule has 0 saturated heterocycles. The van der Waals surface area contributed by atoms with Crippen molar-refractivity contribution in [3.63, 3.8) is 0 Å². The summed E-state index contributed by atoms with van der Waals surface area (Å²) in [6, 6.07) is 14.1. The number of amides is 2. The number of hydrogen-bond donors (Lipinski definition) is 2. The van der Waals surface area contributed by atoms with Gasteiger partial charge in [-0.05, 0) is 62.1 Å². The van der Waals surface area contributed by atoms with Gasteiger partial charge in [-0.3, -0.25) is 9.59 Å². The molecule has 2 amide bonds. The Labute approximate surface area is 153 Å². The Morgan fingerprint density at radius 1 is 0.923 bits per heavy atom. The second-order valence-electron chi connectivity index (χ2n) is 6.52. The fourth-order valence-electron chi connectivity index (χ4n) is 3.17. The highest BCUT2D eigenvalue weighted by Crippen LogP contribution is 2.24. The Morgan fingerprint density at radius 2 is 1.62 bits per heavy atom. The minimum Gasteiger partial charge on any atom is -0.490 e. The average molecular weight is 352 g/mol. The topological polar surface area (TPSA) is 67.4 Å². The van der Waals surface area contributed by atoms with Crippen LogP contribution >= 0.6 is 0 Å². The fourth-order valence-corrected chi connectivity index (χ4v) is 3.17. The van der Waals surface area contributed by atoms with Gasteiger partial charge in [-0.2, -0.15) is 0 Å². The van der Waals surface area contributed by atoms with E-state index in [9.17, 15) is 9.59 Å². The zero-order chi connectivity index (χ0) is 18.4. The first-order valence-corrected chi connectivity index (χ1v) is 9.06. The molecule has 26 heavy (non-hydrogen) atoms. The van der Waals surface area contributed by atoms with Crippen LogP contribution in [0.4, 0.5) is 5.69 Å². The third-order valence-corrected chi connectivity index (χ3v) is 4.56. The summed E-state index contributed by atoms with van der Waals surface area (Å²) >= 11 is 0. The molecule has 0 spiro atoms. The van der Waals surface area contributed by atoms with E-state index in [4.69, 9.17) is 4.74 Å². The van der Waals surface area contributed by atoms with E-state index in [1.165, 1.54) is 19.3 Å². The van der Waals surface area contributed by atoms with Gasteiger partial charge in [0.2, 0.25) is 0 Å². The maximum absolute atomic E-state index is 12.5. The highest BCUT2D eigenvalue weighted by molar-refractivity contribution is 6.05. The van der Waals surface area contributed by atoms with Gasteiger partial charge in [0.25, 0.3) is 11.8 Å². The number of carbonyl (C=O) groups excluding carboxylic acids is 2. The van der Waals surface area contributed by atoms with Crippen LogP contribution < -0.4 is 15.4 Å². The SMILES string of the molecule is CNC(=O)c1cccc(NC(=O)c2cccc(OC3CCCCC3)c2)c1. The number of nitrogens with one attached hydrogen (secondary N) is 2. The molecule has 2 N–H and O–H groups in total. The quantitative estimate of drug-likeness (QED) is 0.854. The van der Waals surface area contributed by atoms with E-state index in [1.807, 2.05) is 12.1 Å². The molecule has 1 saturated carbocycles. The van der Waals surface area contributed by atoms with Gasteiger partial charge in [0, 0.05) is 23.9 Å². The lowest BCUT2D eigenvalue weighted by Crippen LogP contribution is -2.20. The van der Waals surface area contributed by atoms with Crippen LogP contribution in [-0.4, -0.2) is 25.0 Å². The van der Waals surface area contributed by atoms with Crippen LogP contribution in [0.15, 0.2) is 48.5 Å². The van der Waals surface area contributed by atoms with E-state index >= 15 is 0 Å². The molecule has 1 aliphatic rings. The zero-order valence-electron chi connectivity index (χ0n) is 15.0. The summed E-state index contributed by atoms with van der Waals surface area (Å²) in [5.74, 6) is 0.306. The second kappa shape index (κ2) is 8.52. The van der Waals surface area contributed by atoms with Gasteiger partial charge < -0.3 is 15.4 Å². The molecule has 0 heterocycles. The molecular weight excluding hydrogens is 328 g/mol.